The van der Waals surface area contributed by atoms with Gasteiger partial charge in [0, 0.05) is 24.5 Å². The highest BCUT2D eigenvalue weighted by Gasteiger charge is 2.29. The van der Waals surface area contributed by atoms with E-state index in [0.717, 1.165) is 5.52 Å². The summed E-state index contributed by atoms with van der Waals surface area (Å²) in [6.45, 7) is 0.943. The highest BCUT2D eigenvalue weighted by atomic mass is 32.2. The number of imidazole rings is 1. The summed E-state index contributed by atoms with van der Waals surface area (Å²) in [6.07, 6.45) is -1.64. The van der Waals surface area contributed by atoms with Crippen molar-refractivity contribution in [3.63, 3.8) is 0 Å². The molecule has 0 bridgehead atoms. The molecule has 3 heterocycles. The van der Waals surface area contributed by atoms with E-state index < -0.39 is 29.6 Å². The number of likely N-dealkylation sites (N-methyl/N-ethyl adjacent to an activating group) is 1. The summed E-state index contributed by atoms with van der Waals surface area (Å²) in [5.74, 6) is -0.560. The van der Waals surface area contributed by atoms with E-state index in [1.54, 1.807) is 35.8 Å². The predicted octanol–water partition coefficient (Wildman–Crippen LogP) is 4.13. The van der Waals surface area contributed by atoms with Gasteiger partial charge in [-0.25, -0.2) is 14.8 Å². The molecule has 4 rings (SSSR count). The fourth-order valence-electron chi connectivity index (χ4n) is 3.74. The van der Waals surface area contributed by atoms with E-state index in [-0.39, 0.29) is 29.0 Å². The maximum absolute atomic E-state index is 13.5. The normalized spacial score (nSPS) is 12.6. The number of fused-ring (bicyclic) bond motifs is 1. The van der Waals surface area contributed by atoms with E-state index in [2.05, 4.69) is 15.0 Å². The Hall–Kier alpha value is -3.84. The lowest BCUT2D eigenvalue weighted by molar-refractivity contribution is -0.153. The summed E-state index contributed by atoms with van der Waals surface area (Å²) in [5.41, 5.74) is 2.34. The molecular formula is C26H26F3N5O4S. The number of para-hydroxylation sites is 2. The molecule has 9 nitrogen and oxygen atoms in total. The van der Waals surface area contributed by atoms with Crippen LogP contribution in [-0.4, -0.2) is 67.6 Å². The number of hydrogen-bond acceptors (Lipinski definition) is 8. The molecule has 1 aromatic carbocycles. The Morgan fingerprint density at radius 3 is 2.59 bits per heavy atom. The third-order valence-corrected chi connectivity index (χ3v) is 6.96. The zero-order valence-corrected chi connectivity index (χ0v) is 22.0. The van der Waals surface area contributed by atoms with E-state index in [0.29, 0.717) is 30.0 Å². The molecule has 1 atom stereocenters. The fourth-order valence-corrected chi connectivity index (χ4v) is 5.01. The molecule has 0 N–H and O–H groups in total. The van der Waals surface area contributed by atoms with Gasteiger partial charge in [-0.15, -0.1) is 0 Å². The molecule has 0 unspecified atom stereocenters. The first-order valence-electron chi connectivity index (χ1n) is 11.9. The average Bonchev–Trinajstić information content (AvgIpc) is 3.27. The number of carbonyl (C=O) groups is 1. The van der Waals surface area contributed by atoms with Gasteiger partial charge in [0.1, 0.15) is 18.1 Å². The number of nitrogens with zero attached hydrogens (tertiary/aromatic N) is 5. The summed E-state index contributed by atoms with van der Waals surface area (Å²) in [5, 5.41) is 0.288. The number of aromatic nitrogens is 4. The Morgan fingerprint density at radius 2 is 1.85 bits per heavy atom. The lowest BCUT2D eigenvalue weighted by atomic mass is 10.2. The quantitative estimate of drug-likeness (QED) is 0.252. The van der Waals surface area contributed by atoms with E-state index in [4.69, 9.17) is 9.47 Å². The molecule has 0 spiro atoms. The highest BCUT2D eigenvalue weighted by molar-refractivity contribution is 7.84. The fraction of sp³-hybridized carbons (Fsp3) is 0.308. The minimum absolute atomic E-state index is 0.0304. The maximum Gasteiger partial charge on any atom is 0.422 e. The second-order valence-corrected chi connectivity index (χ2v) is 10.0. The number of halogens is 3. The van der Waals surface area contributed by atoms with Gasteiger partial charge in [0.15, 0.2) is 6.61 Å². The minimum atomic E-state index is -4.48. The van der Waals surface area contributed by atoms with E-state index in [1.165, 1.54) is 18.5 Å². The van der Waals surface area contributed by atoms with Crippen molar-refractivity contribution in [2.45, 2.75) is 30.7 Å². The van der Waals surface area contributed by atoms with Gasteiger partial charge in [-0.2, -0.15) is 13.2 Å². The molecule has 0 radical (unpaired) electrons. The Labute approximate surface area is 225 Å². The molecule has 0 fully saturated rings. The van der Waals surface area contributed by atoms with Crippen molar-refractivity contribution in [3.8, 4) is 5.75 Å². The first-order chi connectivity index (χ1) is 18.6. The van der Waals surface area contributed by atoms with E-state index in [1.807, 2.05) is 30.1 Å². The van der Waals surface area contributed by atoms with Crippen molar-refractivity contribution in [2.24, 2.45) is 0 Å². The zero-order chi connectivity index (χ0) is 28.0. The van der Waals surface area contributed by atoms with Crippen LogP contribution in [0.15, 0.2) is 66.1 Å². The van der Waals surface area contributed by atoms with Gasteiger partial charge in [0.2, 0.25) is 5.16 Å². The first-order valence-corrected chi connectivity index (χ1v) is 13.2. The van der Waals surface area contributed by atoms with Gasteiger partial charge >= 0.3 is 12.1 Å². The van der Waals surface area contributed by atoms with Crippen LogP contribution in [0.5, 0.6) is 5.75 Å². The first kappa shape index (κ1) is 28.2. The molecule has 0 saturated heterocycles. The second-order valence-electron chi connectivity index (χ2n) is 8.66. The molecular weight excluding hydrogens is 535 g/mol. The highest BCUT2D eigenvalue weighted by Crippen LogP contribution is 2.26. The molecule has 4 aromatic rings. The number of carbonyl (C=O) groups excluding carboxylic acids is 1. The summed E-state index contributed by atoms with van der Waals surface area (Å²) in [4.78, 5) is 26.8. The maximum atomic E-state index is 13.5. The molecule has 3 aromatic heterocycles. The van der Waals surface area contributed by atoms with Crippen molar-refractivity contribution in [3.05, 3.63) is 77.9 Å². The number of alkyl halides is 3. The van der Waals surface area contributed by atoms with Crippen molar-refractivity contribution in [1.29, 1.82) is 0 Å². The largest absolute Gasteiger partial charge is 0.484 e. The Bertz CT molecular complexity index is 1460. The van der Waals surface area contributed by atoms with E-state index >= 15 is 0 Å². The van der Waals surface area contributed by atoms with Crippen LogP contribution in [0.25, 0.3) is 11.0 Å². The minimum Gasteiger partial charge on any atom is -0.484 e. The third kappa shape index (κ3) is 7.39. The lowest BCUT2D eigenvalue weighted by Crippen LogP contribution is -2.28. The van der Waals surface area contributed by atoms with Crippen molar-refractivity contribution < 1.29 is 31.6 Å². The molecule has 0 aliphatic heterocycles. The number of hydrogen-bond donors (Lipinski definition) is 0. The van der Waals surface area contributed by atoms with Crippen LogP contribution < -0.4 is 4.74 Å². The zero-order valence-electron chi connectivity index (χ0n) is 21.2. The molecule has 0 aliphatic rings. The van der Waals surface area contributed by atoms with Crippen LogP contribution in [0, 0.1) is 6.92 Å². The molecule has 206 valence electrons. The standard InChI is InChI=1S/C26H26F3N5O4S/c1-18-21(31-12-10-23(18)38-16-26(27,28)29)15-39(36)25-32-19-7-3-4-9-22(19)34(25)17-33(2)13-14-37-24(35)20-8-5-6-11-30-20/h3-12H,13-17H2,1-2H3/t39-/m0/s1. The third-order valence-electron chi connectivity index (χ3n) is 5.70. The number of rotatable bonds is 11. The van der Waals surface area contributed by atoms with Gasteiger partial charge in [0.05, 0.1) is 39.9 Å². The van der Waals surface area contributed by atoms with Crippen LogP contribution in [-0.2, 0) is 28.0 Å². The van der Waals surface area contributed by atoms with Crippen molar-refractivity contribution in [1.82, 2.24) is 24.4 Å². The summed E-state index contributed by atoms with van der Waals surface area (Å²) in [6, 6.07) is 13.6. The molecule has 0 amide bonds. The predicted molar refractivity (Wildman–Crippen MR) is 138 cm³/mol. The average molecular weight is 562 g/mol. The number of ether oxygens (including phenoxy) is 2. The number of pyridine rings is 2. The van der Waals surface area contributed by atoms with Crippen LogP contribution in [0.2, 0.25) is 0 Å². The smallest absolute Gasteiger partial charge is 0.422 e. The monoisotopic (exact) mass is 561 g/mol. The Morgan fingerprint density at radius 1 is 1.08 bits per heavy atom. The van der Waals surface area contributed by atoms with Gasteiger partial charge in [-0.3, -0.25) is 14.1 Å². The van der Waals surface area contributed by atoms with Crippen LogP contribution >= 0.6 is 0 Å². The van der Waals surface area contributed by atoms with Crippen LogP contribution in [0.4, 0.5) is 13.2 Å². The topological polar surface area (TPSA) is 99.4 Å². The number of esters is 1. The van der Waals surface area contributed by atoms with Crippen LogP contribution in [0.3, 0.4) is 0 Å². The Balaban J connectivity index is 1.47. The van der Waals surface area contributed by atoms with Gasteiger partial charge in [0.25, 0.3) is 0 Å². The second kappa shape index (κ2) is 12.3. The van der Waals surface area contributed by atoms with Gasteiger partial charge < -0.3 is 14.0 Å². The summed E-state index contributed by atoms with van der Waals surface area (Å²) < 4.78 is 63.4. The van der Waals surface area contributed by atoms with Gasteiger partial charge in [-0.05, 0) is 44.3 Å². The molecule has 0 saturated carbocycles. The SMILES string of the molecule is Cc1c(OCC(F)(F)F)ccnc1C[S@](=O)c1nc2ccccc2n1CN(C)CCOC(=O)c1ccccn1. The van der Waals surface area contributed by atoms with Crippen molar-refractivity contribution in [2.75, 3.05) is 26.8 Å². The summed E-state index contributed by atoms with van der Waals surface area (Å²) in [7, 11) is 0.141. The molecule has 0 aliphatic carbocycles. The molecule has 13 heteroatoms. The summed E-state index contributed by atoms with van der Waals surface area (Å²) >= 11 is 0. The molecule has 39 heavy (non-hydrogen) atoms. The number of benzene rings is 1. The Kier molecular flexibility index (Phi) is 8.92. The van der Waals surface area contributed by atoms with Crippen molar-refractivity contribution >= 4 is 27.8 Å². The van der Waals surface area contributed by atoms with Crippen LogP contribution in [0.1, 0.15) is 21.7 Å². The van der Waals surface area contributed by atoms with E-state index in [9.17, 15) is 22.2 Å². The lowest BCUT2D eigenvalue weighted by Gasteiger charge is -2.19. The van der Waals surface area contributed by atoms with Gasteiger partial charge in [-0.1, -0.05) is 18.2 Å².